The third-order valence-electron chi connectivity index (χ3n) is 9.87. The number of hydrogen-bond donors (Lipinski definition) is 0. The molecular weight excluding hydrogens is 579 g/mol. The quantitative estimate of drug-likeness (QED) is 0.179. The number of nitrogens with zero attached hydrogens (tertiary/aromatic N) is 1. The van der Waals surface area contributed by atoms with Crippen LogP contribution in [0.2, 0.25) is 0 Å². The fourth-order valence-electron chi connectivity index (χ4n) is 7.19. The normalized spacial score (nSPS) is 13.5. The maximum Gasteiger partial charge on any atom is 0.0467 e. The van der Waals surface area contributed by atoms with Gasteiger partial charge in [-0.05, 0) is 122 Å². The molecule has 0 radical (unpaired) electrons. The van der Waals surface area contributed by atoms with Crippen LogP contribution in [0.3, 0.4) is 0 Å². The standard InChI is InChI=1S/C47H41N/c1-47(2,3)41-23-27-45-39(30-41)29-40-32-44(26-28-46(40)45)48(42-24-21-36(22-25-42)34-13-8-5-9-14-34)43-16-10-15-38(31-43)37-19-17-35(18-20-37)33-11-6-4-7-12-33/h5-6,8-28,30-32H,4,7,29H2,1-3H3. The molecule has 0 bridgehead atoms. The zero-order valence-electron chi connectivity index (χ0n) is 28.1. The second kappa shape index (κ2) is 12.3. The second-order valence-electron chi connectivity index (χ2n) is 14.2. The summed E-state index contributed by atoms with van der Waals surface area (Å²) in [6.45, 7) is 6.89. The van der Waals surface area contributed by atoms with Crippen molar-refractivity contribution in [2.75, 3.05) is 4.90 Å². The van der Waals surface area contributed by atoms with E-state index in [0.717, 1.165) is 30.6 Å². The molecule has 0 spiro atoms. The second-order valence-corrected chi connectivity index (χ2v) is 14.2. The molecule has 0 saturated heterocycles. The summed E-state index contributed by atoms with van der Waals surface area (Å²) in [7, 11) is 0. The number of anilines is 3. The highest BCUT2D eigenvalue weighted by atomic mass is 15.1. The van der Waals surface area contributed by atoms with E-state index in [-0.39, 0.29) is 5.41 Å². The third kappa shape index (κ3) is 5.82. The lowest BCUT2D eigenvalue weighted by Crippen LogP contribution is -2.11. The molecule has 1 nitrogen and oxygen atoms in total. The summed E-state index contributed by atoms with van der Waals surface area (Å²) in [5.41, 5.74) is 18.0. The third-order valence-corrected chi connectivity index (χ3v) is 9.87. The van der Waals surface area contributed by atoms with Crippen molar-refractivity contribution >= 4 is 22.6 Å². The summed E-state index contributed by atoms with van der Waals surface area (Å²) in [4.78, 5) is 2.41. The van der Waals surface area contributed by atoms with Crippen molar-refractivity contribution in [2.24, 2.45) is 0 Å². The summed E-state index contributed by atoms with van der Waals surface area (Å²) in [5.74, 6) is 0. The van der Waals surface area contributed by atoms with Gasteiger partial charge in [0.2, 0.25) is 0 Å². The zero-order valence-corrected chi connectivity index (χ0v) is 28.1. The molecule has 0 fully saturated rings. The predicted octanol–water partition coefficient (Wildman–Crippen LogP) is 13.1. The lowest BCUT2D eigenvalue weighted by atomic mass is 9.85. The molecule has 1 heteroatoms. The van der Waals surface area contributed by atoms with E-state index in [9.17, 15) is 0 Å². The molecule has 0 atom stereocenters. The van der Waals surface area contributed by atoms with Crippen molar-refractivity contribution in [1.29, 1.82) is 0 Å². The number of rotatable bonds is 6. The van der Waals surface area contributed by atoms with E-state index in [2.05, 4.69) is 183 Å². The van der Waals surface area contributed by atoms with Crippen LogP contribution in [0.1, 0.15) is 55.9 Å². The molecule has 6 aromatic rings. The molecular formula is C47H41N. The first-order valence-electron chi connectivity index (χ1n) is 17.2. The smallest absolute Gasteiger partial charge is 0.0467 e. The summed E-state index contributed by atoms with van der Waals surface area (Å²) < 4.78 is 0. The maximum atomic E-state index is 2.42. The first kappa shape index (κ1) is 30.0. The molecule has 0 aliphatic heterocycles. The van der Waals surface area contributed by atoms with Gasteiger partial charge < -0.3 is 4.90 Å². The number of hydrogen-bond acceptors (Lipinski definition) is 1. The monoisotopic (exact) mass is 619 g/mol. The largest absolute Gasteiger partial charge is 0.310 e. The van der Waals surface area contributed by atoms with E-state index in [1.807, 2.05) is 0 Å². The van der Waals surface area contributed by atoms with E-state index < -0.39 is 0 Å². The molecule has 0 heterocycles. The van der Waals surface area contributed by atoms with Crippen LogP contribution in [0.4, 0.5) is 17.1 Å². The van der Waals surface area contributed by atoms with E-state index in [1.165, 1.54) is 66.9 Å². The molecule has 234 valence electrons. The van der Waals surface area contributed by atoms with Crippen LogP contribution in [0.15, 0.2) is 158 Å². The highest BCUT2D eigenvalue weighted by Crippen LogP contribution is 2.44. The lowest BCUT2D eigenvalue weighted by Gasteiger charge is -2.27. The molecule has 0 N–H and O–H groups in total. The van der Waals surface area contributed by atoms with Crippen LogP contribution in [-0.4, -0.2) is 0 Å². The first-order valence-corrected chi connectivity index (χ1v) is 17.2. The van der Waals surface area contributed by atoms with Gasteiger partial charge in [0, 0.05) is 17.1 Å². The highest BCUT2D eigenvalue weighted by Gasteiger charge is 2.24. The minimum absolute atomic E-state index is 0.132. The predicted molar refractivity (Wildman–Crippen MR) is 205 cm³/mol. The average Bonchev–Trinajstić information content (AvgIpc) is 3.50. The molecule has 48 heavy (non-hydrogen) atoms. The van der Waals surface area contributed by atoms with Gasteiger partial charge in [-0.1, -0.05) is 142 Å². The zero-order chi connectivity index (χ0) is 32.7. The topological polar surface area (TPSA) is 3.24 Å². The van der Waals surface area contributed by atoms with Crippen LogP contribution in [0, 0.1) is 0 Å². The Hall–Kier alpha value is -5.40. The van der Waals surface area contributed by atoms with Gasteiger partial charge in [0.25, 0.3) is 0 Å². The molecule has 0 aromatic heterocycles. The minimum Gasteiger partial charge on any atom is -0.310 e. The van der Waals surface area contributed by atoms with Gasteiger partial charge in [-0.15, -0.1) is 0 Å². The molecule has 0 amide bonds. The first-order chi connectivity index (χ1) is 23.4. The van der Waals surface area contributed by atoms with Crippen LogP contribution >= 0.6 is 0 Å². The fourth-order valence-corrected chi connectivity index (χ4v) is 7.19. The Labute approximate surface area is 285 Å². The van der Waals surface area contributed by atoms with Gasteiger partial charge in [0.05, 0.1) is 0 Å². The van der Waals surface area contributed by atoms with Crippen molar-refractivity contribution in [3.05, 3.63) is 180 Å². The van der Waals surface area contributed by atoms with Gasteiger partial charge in [0.15, 0.2) is 0 Å². The van der Waals surface area contributed by atoms with Crippen LogP contribution in [-0.2, 0) is 11.8 Å². The van der Waals surface area contributed by atoms with Gasteiger partial charge in [-0.2, -0.15) is 0 Å². The van der Waals surface area contributed by atoms with Crippen LogP contribution < -0.4 is 4.90 Å². The Kier molecular flexibility index (Phi) is 7.69. The van der Waals surface area contributed by atoms with Crippen molar-refractivity contribution in [3.8, 4) is 33.4 Å². The molecule has 6 aromatic carbocycles. The van der Waals surface area contributed by atoms with Gasteiger partial charge >= 0.3 is 0 Å². The summed E-state index contributed by atoms with van der Waals surface area (Å²) in [5, 5.41) is 0. The SMILES string of the molecule is CC(C)(C)c1ccc2c(c1)Cc1cc(N(c3ccc(-c4ccccc4)cc3)c3cccc(-c4ccc(C5=CCCC=C5)cc4)c3)ccc1-2. The molecule has 0 saturated carbocycles. The molecule has 0 unspecified atom stereocenters. The van der Waals surface area contributed by atoms with Crippen molar-refractivity contribution < 1.29 is 0 Å². The fraction of sp³-hybridized carbons (Fsp3) is 0.149. The molecule has 2 aliphatic carbocycles. The van der Waals surface area contributed by atoms with Crippen LogP contribution in [0.5, 0.6) is 0 Å². The van der Waals surface area contributed by atoms with E-state index >= 15 is 0 Å². The Morgan fingerprint density at radius 3 is 1.81 bits per heavy atom. The minimum atomic E-state index is 0.132. The Bertz CT molecular complexity index is 2160. The van der Waals surface area contributed by atoms with Crippen molar-refractivity contribution in [2.45, 2.75) is 45.4 Å². The number of fused-ring (bicyclic) bond motifs is 3. The molecule has 8 rings (SSSR count). The average molecular weight is 620 g/mol. The van der Waals surface area contributed by atoms with E-state index in [1.54, 1.807) is 0 Å². The Balaban J connectivity index is 1.18. The number of benzene rings is 6. The molecule has 2 aliphatic rings. The summed E-state index contributed by atoms with van der Waals surface area (Å²) in [6, 6.07) is 51.7. The van der Waals surface area contributed by atoms with E-state index in [0.29, 0.717) is 0 Å². The van der Waals surface area contributed by atoms with Crippen LogP contribution in [0.25, 0.3) is 39.0 Å². The van der Waals surface area contributed by atoms with Gasteiger partial charge in [-0.3, -0.25) is 0 Å². The maximum absolute atomic E-state index is 2.42. The summed E-state index contributed by atoms with van der Waals surface area (Å²) in [6.07, 6.45) is 10.1. The highest BCUT2D eigenvalue weighted by molar-refractivity contribution is 5.85. The van der Waals surface area contributed by atoms with Crippen molar-refractivity contribution in [3.63, 3.8) is 0 Å². The summed E-state index contributed by atoms with van der Waals surface area (Å²) >= 11 is 0. The Morgan fingerprint density at radius 2 is 1.08 bits per heavy atom. The van der Waals surface area contributed by atoms with Crippen molar-refractivity contribution in [1.82, 2.24) is 0 Å². The number of allylic oxidation sites excluding steroid dienone is 4. The van der Waals surface area contributed by atoms with Gasteiger partial charge in [0.1, 0.15) is 0 Å². The van der Waals surface area contributed by atoms with Gasteiger partial charge in [-0.25, -0.2) is 0 Å². The lowest BCUT2D eigenvalue weighted by molar-refractivity contribution is 0.590. The van der Waals surface area contributed by atoms with E-state index in [4.69, 9.17) is 0 Å². The Morgan fingerprint density at radius 1 is 0.479 bits per heavy atom.